The maximum absolute atomic E-state index is 6.06. The Bertz CT molecular complexity index is 396. The summed E-state index contributed by atoms with van der Waals surface area (Å²) in [4.78, 5) is 2.48. The molecule has 1 aliphatic heterocycles. The Balaban J connectivity index is 1.76. The Labute approximate surface area is 129 Å². The minimum atomic E-state index is 0.468. The summed E-state index contributed by atoms with van der Waals surface area (Å²) in [6, 6.07) is 3.30. The molecular formula is C14H18Cl3NO. The number of hydrogen-bond donors (Lipinski definition) is 0. The van der Waals surface area contributed by atoms with Crippen molar-refractivity contribution < 1.29 is 4.74 Å². The van der Waals surface area contributed by atoms with E-state index >= 15 is 0 Å². The molecule has 1 aromatic carbocycles. The van der Waals surface area contributed by atoms with Crippen LogP contribution in [0.1, 0.15) is 25.7 Å². The Morgan fingerprint density at radius 2 is 1.63 bits per heavy atom. The maximum atomic E-state index is 6.06. The molecule has 0 radical (unpaired) electrons. The highest BCUT2D eigenvalue weighted by Crippen LogP contribution is 2.35. The zero-order valence-electron chi connectivity index (χ0n) is 10.8. The summed E-state index contributed by atoms with van der Waals surface area (Å²) in [5, 5.41) is 1.46. The van der Waals surface area contributed by atoms with Gasteiger partial charge in [-0.05, 0) is 44.5 Å². The van der Waals surface area contributed by atoms with Gasteiger partial charge in [-0.25, -0.2) is 0 Å². The van der Waals surface area contributed by atoms with E-state index in [0.29, 0.717) is 27.4 Å². The number of piperidine rings is 1. The molecule has 1 fully saturated rings. The average molecular weight is 323 g/mol. The Morgan fingerprint density at radius 1 is 1.00 bits per heavy atom. The largest absolute Gasteiger partial charge is 0.490 e. The first kappa shape index (κ1) is 15.2. The molecular weight excluding hydrogens is 305 g/mol. The number of halogens is 3. The van der Waals surface area contributed by atoms with Gasteiger partial charge in [0, 0.05) is 11.6 Å². The number of nitrogens with zero attached hydrogens (tertiary/aromatic N) is 1. The normalized spacial score (nSPS) is 16.6. The highest BCUT2D eigenvalue weighted by molar-refractivity contribution is 6.40. The molecule has 19 heavy (non-hydrogen) atoms. The third kappa shape index (κ3) is 4.71. The Morgan fingerprint density at radius 3 is 2.26 bits per heavy atom. The molecule has 0 amide bonds. The third-order valence-electron chi connectivity index (χ3n) is 3.28. The highest BCUT2D eigenvalue weighted by atomic mass is 35.5. The molecule has 106 valence electrons. The smallest absolute Gasteiger partial charge is 0.156 e. The summed E-state index contributed by atoms with van der Waals surface area (Å²) in [7, 11) is 0. The number of ether oxygens (including phenoxy) is 1. The fraction of sp³-hybridized carbons (Fsp3) is 0.571. The molecule has 0 atom stereocenters. The van der Waals surface area contributed by atoms with Gasteiger partial charge in [0.25, 0.3) is 0 Å². The molecule has 2 nitrogen and oxygen atoms in total. The van der Waals surface area contributed by atoms with E-state index in [9.17, 15) is 0 Å². The predicted molar refractivity (Wildman–Crippen MR) is 81.9 cm³/mol. The highest BCUT2D eigenvalue weighted by Gasteiger charge is 2.11. The maximum Gasteiger partial charge on any atom is 0.156 e. The molecule has 2 rings (SSSR count). The van der Waals surface area contributed by atoms with Gasteiger partial charge in [0.1, 0.15) is 0 Å². The second-order valence-electron chi connectivity index (χ2n) is 4.80. The molecule has 1 aromatic rings. The van der Waals surface area contributed by atoms with Gasteiger partial charge in [-0.1, -0.05) is 41.2 Å². The fourth-order valence-electron chi connectivity index (χ4n) is 2.31. The number of rotatable bonds is 5. The molecule has 0 N–H and O–H groups in total. The van der Waals surface area contributed by atoms with E-state index in [0.717, 1.165) is 13.0 Å². The Kier molecular flexibility index (Phi) is 6.08. The molecule has 0 bridgehead atoms. The zero-order valence-corrected chi connectivity index (χ0v) is 13.1. The van der Waals surface area contributed by atoms with Crippen LogP contribution in [0.5, 0.6) is 5.75 Å². The first-order chi connectivity index (χ1) is 9.16. The number of hydrogen-bond acceptors (Lipinski definition) is 2. The van der Waals surface area contributed by atoms with E-state index in [1.807, 2.05) is 0 Å². The topological polar surface area (TPSA) is 12.5 Å². The van der Waals surface area contributed by atoms with E-state index in [1.165, 1.54) is 32.4 Å². The lowest BCUT2D eigenvalue weighted by Gasteiger charge is -2.26. The van der Waals surface area contributed by atoms with Crippen LogP contribution in [-0.2, 0) is 0 Å². The van der Waals surface area contributed by atoms with Crippen LogP contribution in [0.15, 0.2) is 12.1 Å². The molecule has 1 aliphatic rings. The molecule has 0 unspecified atom stereocenters. The SMILES string of the molecule is Clc1cc(Cl)c(OCCCN2CCCCC2)c(Cl)c1. The minimum Gasteiger partial charge on any atom is -0.490 e. The lowest BCUT2D eigenvalue weighted by molar-refractivity contribution is 0.205. The first-order valence-electron chi connectivity index (χ1n) is 6.66. The number of benzene rings is 1. The van der Waals surface area contributed by atoms with Crippen molar-refractivity contribution in [2.45, 2.75) is 25.7 Å². The second kappa shape index (κ2) is 7.58. The van der Waals surface area contributed by atoms with Crippen LogP contribution < -0.4 is 4.74 Å². The van der Waals surface area contributed by atoms with Crippen molar-refractivity contribution in [3.8, 4) is 5.75 Å². The van der Waals surface area contributed by atoms with Crippen LogP contribution >= 0.6 is 34.8 Å². The van der Waals surface area contributed by atoms with Gasteiger partial charge in [-0.15, -0.1) is 0 Å². The summed E-state index contributed by atoms with van der Waals surface area (Å²) in [6.07, 6.45) is 4.98. The Hall–Kier alpha value is -0.150. The summed E-state index contributed by atoms with van der Waals surface area (Å²) >= 11 is 18.0. The summed E-state index contributed by atoms with van der Waals surface area (Å²) in [5.74, 6) is 0.534. The second-order valence-corrected chi connectivity index (χ2v) is 6.05. The molecule has 0 aliphatic carbocycles. The van der Waals surface area contributed by atoms with Crippen molar-refractivity contribution >= 4 is 34.8 Å². The first-order valence-corrected chi connectivity index (χ1v) is 7.80. The summed E-state index contributed by atoms with van der Waals surface area (Å²) in [6.45, 7) is 4.12. The molecule has 5 heteroatoms. The minimum absolute atomic E-state index is 0.468. The molecule has 0 spiro atoms. The van der Waals surface area contributed by atoms with Crippen molar-refractivity contribution in [1.29, 1.82) is 0 Å². The van der Waals surface area contributed by atoms with Crippen molar-refractivity contribution in [2.24, 2.45) is 0 Å². The molecule has 0 saturated carbocycles. The van der Waals surface area contributed by atoms with E-state index in [1.54, 1.807) is 12.1 Å². The standard InChI is InChI=1S/C14H18Cl3NO/c15-11-9-12(16)14(13(17)10-11)19-8-4-7-18-5-2-1-3-6-18/h9-10H,1-8H2. The van der Waals surface area contributed by atoms with Crippen molar-refractivity contribution in [3.63, 3.8) is 0 Å². The average Bonchev–Trinajstić information content (AvgIpc) is 2.38. The van der Waals surface area contributed by atoms with Crippen LogP contribution in [0, 0.1) is 0 Å². The van der Waals surface area contributed by atoms with Gasteiger partial charge in [-0.3, -0.25) is 0 Å². The summed E-state index contributed by atoms with van der Waals surface area (Å²) < 4.78 is 5.66. The molecule has 0 aromatic heterocycles. The lowest BCUT2D eigenvalue weighted by Crippen LogP contribution is -2.31. The zero-order chi connectivity index (χ0) is 13.7. The van der Waals surface area contributed by atoms with E-state index < -0.39 is 0 Å². The predicted octanol–water partition coefficient (Wildman–Crippen LogP) is 4.90. The molecule has 1 heterocycles. The molecule has 1 saturated heterocycles. The lowest BCUT2D eigenvalue weighted by atomic mass is 10.1. The quantitative estimate of drug-likeness (QED) is 0.715. The van der Waals surface area contributed by atoms with Gasteiger partial charge in [0.15, 0.2) is 5.75 Å². The van der Waals surface area contributed by atoms with Crippen molar-refractivity contribution in [3.05, 3.63) is 27.2 Å². The van der Waals surface area contributed by atoms with Crippen LogP contribution in [0.25, 0.3) is 0 Å². The van der Waals surface area contributed by atoms with Crippen LogP contribution in [0.2, 0.25) is 15.1 Å². The van der Waals surface area contributed by atoms with Gasteiger partial charge in [-0.2, -0.15) is 0 Å². The van der Waals surface area contributed by atoms with Gasteiger partial charge >= 0.3 is 0 Å². The fourth-order valence-corrected chi connectivity index (χ4v) is 3.24. The van der Waals surface area contributed by atoms with Crippen LogP contribution in [0.3, 0.4) is 0 Å². The third-order valence-corrected chi connectivity index (χ3v) is 4.06. The number of likely N-dealkylation sites (tertiary alicyclic amines) is 1. The van der Waals surface area contributed by atoms with Gasteiger partial charge < -0.3 is 9.64 Å². The monoisotopic (exact) mass is 321 g/mol. The van der Waals surface area contributed by atoms with E-state index in [2.05, 4.69) is 4.90 Å². The van der Waals surface area contributed by atoms with E-state index in [-0.39, 0.29) is 0 Å². The summed E-state index contributed by atoms with van der Waals surface area (Å²) in [5.41, 5.74) is 0. The van der Waals surface area contributed by atoms with Crippen LogP contribution in [-0.4, -0.2) is 31.1 Å². The van der Waals surface area contributed by atoms with Crippen molar-refractivity contribution in [2.75, 3.05) is 26.2 Å². The van der Waals surface area contributed by atoms with Gasteiger partial charge in [0.2, 0.25) is 0 Å². The van der Waals surface area contributed by atoms with E-state index in [4.69, 9.17) is 39.5 Å². The van der Waals surface area contributed by atoms with Crippen LogP contribution in [0.4, 0.5) is 0 Å². The van der Waals surface area contributed by atoms with Gasteiger partial charge in [0.05, 0.1) is 16.7 Å². The van der Waals surface area contributed by atoms with Crippen molar-refractivity contribution in [1.82, 2.24) is 4.90 Å².